The number of hydrogen-bond acceptors (Lipinski definition) is 6. The average molecular weight is 392 g/mol. The van der Waals surface area contributed by atoms with Crippen LogP contribution in [0.2, 0.25) is 0 Å². The third kappa shape index (κ3) is 4.92. The molecule has 0 saturated carbocycles. The molecule has 2 amide bonds. The van der Waals surface area contributed by atoms with Crippen molar-refractivity contribution < 1.29 is 19.1 Å². The number of carbonyl (C=O) groups excluding carboxylic acids is 3. The zero-order chi connectivity index (χ0) is 20.8. The molecule has 0 fully saturated rings. The number of ether oxygens (including phenoxy) is 1. The maximum absolute atomic E-state index is 12.8. The maximum atomic E-state index is 12.8. The Morgan fingerprint density at radius 3 is 2.45 bits per heavy atom. The number of rotatable bonds is 6. The fourth-order valence-electron chi connectivity index (χ4n) is 2.85. The van der Waals surface area contributed by atoms with E-state index in [2.05, 4.69) is 20.6 Å². The molecule has 0 unspecified atom stereocenters. The first-order valence-electron chi connectivity index (χ1n) is 8.94. The number of carbonyl (C=O) groups is 3. The molecule has 0 aliphatic carbocycles. The van der Waals surface area contributed by atoms with Gasteiger partial charge in [-0.1, -0.05) is 24.3 Å². The molecular formula is C21H20N4O4. The van der Waals surface area contributed by atoms with E-state index in [0.717, 1.165) is 5.52 Å². The van der Waals surface area contributed by atoms with Crippen LogP contribution in [0.3, 0.4) is 0 Å². The minimum atomic E-state index is -0.964. The highest BCUT2D eigenvalue weighted by molar-refractivity contribution is 6.04. The Morgan fingerprint density at radius 1 is 1.03 bits per heavy atom. The molecule has 0 saturated heterocycles. The Hall–Kier alpha value is -3.81. The summed E-state index contributed by atoms with van der Waals surface area (Å²) < 4.78 is 4.83. The van der Waals surface area contributed by atoms with Crippen molar-refractivity contribution in [1.29, 1.82) is 0 Å². The van der Waals surface area contributed by atoms with Gasteiger partial charge in [-0.05, 0) is 24.3 Å². The van der Waals surface area contributed by atoms with Crippen LogP contribution in [-0.2, 0) is 20.7 Å². The smallest absolute Gasteiger partial charge is 0.328 e. The van der Waals surface area contributed by atoms with Gasteiger partial charge >= 0.3 is 5.97 Å². The number of methoxy groups -OCH3 is 1. The third-order valence-corrected chi connectivity index (χ3v) is 4.19. The summed E-state index contributed by atoms with van der Waals surface area (Å²) in [6.07, 6.45) is 1.67. The van der Waals surface area contributed by atoms with Gasteiger partial charge in [0.1, 0.15) is 6.04 Å². The van der Waals surface area contributed by atoms with Gasteiger partial charge < -0.3 is 15.4 Å². The molecular weight excluding hydrogens is 372 g/mol. The summed E-state index contributed by atoms with van der Waals surface area (Å²) in [4.78, 5) is 45.2. The molecule has 8 heteroatoms. The van der Waals surface area contributed by atoms with Crippen LogP contribution < -0.4 is 10.6 Å². The molecule has 8 nitrogen and oxygen atoms in total. The molecule has 0 bridgehead atoms. The third-order valence-electron chi connectivity index (χ3n) is 4.19. The number of anilines is 1. The Morgan fingerprint density at radius 2 is 1.72 bits per heavy atom. The minimum Gasteiger partial charge on any atom is -0.467 e. The van der Waals surface area contributed by atoms with Gasteiger partial charge in [0.25, 0.3) is 5.91 Å². The Balaban J connectivity index is 1.83. The zero-order valence-corrected chi connectivity index (χ0v) is 16.0. The normalized spacial score (nSPS) is 11.5. The lowest BCUT2D eigenvalue weighted by Crippen LogP contribution is -2.43. The number of amides is 2. The second kappa shape index (κ2) is 8.92. The van der Waals surface area contributed by atoms with Crippen LogP contribution in [0.15, 0.2) is 54.7 Å². The van der Waals surface area contributed by atoms with Crippen molar-refractivity contribution in [3.8, 4) is 0 Å². The predicted octanol–water partition coefficient (Wildman–Crippen LogP) is 2.10. The highest BCUT2D eigenvalue weighted by atomic mass is 16.5. The van der Waals surface area contributed by atoms with Crippen molar-refractivity contribution >= 4 is 34.5 Å². The van der Waals surface area contributed by atoms with E-state index in [0.29, 0.717) is 16.9 Å². The summed E-state index contributed by atoms with van der Waals surface area (Å²) in [7, 11) is 1.25. The Bertz CT molecular complexity index is 1070. The van der Waals surface area contributed by atoms with Crippen molar-refractivity contribution in [2.45, 2.75) is 19.4 Å². The highest BCUT2D eigenvalue weighted by Gasteiger charge is 2.24. The summed E-state index contributed by atoms with van der Waals surface area (Å²) in [6, 6.07) is 12.9. The molecule has 0 aliphatic rings. The number of hydrogen-bond donors (Lipinski definition) is 2. The average Bonchev–Trinajstić information content (AvgIpc) is 2.72. The fraction of sp³-hybridized carbons (Fsp3) is 0.190. The molecule has 1 aromatic heterocycles. The molecule has 148 valence electrons. The maximum Gasteiger partial charge on any atom is 0.328 e. The largest absolute Gasteiger partial charge is 0.467 e. The minimum absolute atomic E-state index is 0.110. The van der Waals surface area contributed by atoms with Crippen molar-refractivity contribution in [1.82, 2.24) is 15.3 Å². The lowest BCUT2D eigenvalue weighted by molar-refractivity contribution is -0.142. The van der Waals surface area contributed by atoms with E-state index in [-0.39, 0.29) is 17.9 Å². The number of para-hydroxylation sites is 3. The van der Waals surface area contributed by atoms with E-state index >= 15 is 0 Å². The van der Waals surface area contributed by atoms with Crippen molar-refractivity contribution in [3.05, 3.63) is 66.0 Å². The number of nitrogens with one attached hydrogen (secondary N) is 2. The van der Waals surface area contributed by atoms with Crippen molar-refractivity contribution in [3.63, 3.8) is 0 Å². The second-order valence-electron chi connectivity index (χ2n) is 6.33. The van der Waals surface area contributed by atoms with Crippen LogP contribution in [0.5, 0.6) is 0 Å². The Labute approximate surface area is 167 Å². The molecule has 2 N–H and O–H groups in total. The van der Waals surface area contributed by atoms with Gasteiger partial charge in [0.05, 0.1) is 35.1 Å². The van der Waals surface area contributed by atoms with Crippen LogP contribution in [-0.4, -0.2) is 40.9 Å². The lowest BCUT2D eigenvalue weighted by atomic mass is 10.1. The van der Waals surface area contributed by atoms with Crippen LogP contribution in [0, 0.1) is 0 Å². The standard InChI is InChI=1S/C21H20N4O4/c1-13(26)23-16-8-4-3-7-15(16)20(27)25-19(21(28)29-2)11-14-12-22-17-9-5-6-10-18(17)24-14/h3-10,12,19H,11H2,1-2H3,(H,23,26)(H,25,27)/t19-/m1/s1. The van der Waals surface area contributed by atoms with E-state index in [9.17, 15) is 14.4 Å². The molecule has 0 spiro atoms. The molecule has 29 heavy (non-hydrogen) atoms. The van der Waals surface area contributed by atoms with Crippen molar-refractivity contribution in [2.75, 3.05) is 12.4 Å². The van der Waals surface area contributed by atoms with Crippen LogP contribution in [0.4, 0.5) is 5.69 Å². The lowest BCUT2D eigenvalue weighted by Gasteiger charge is -2.17. The van der Waals surface area contributed by atoms with Gasteiger partial charge in [-0.25, -0.2) is 9.78 Å². The van der Waals surface area contributed by atoms with E-state index in [1.54, 1.807) is 30.5 Å². The fourth-order valence-corrected chi connectivity index (χ4v) is 2.85. The summed E-state index contributed by atoms with van der Waals surface area (Å²) in [5, 5.41) is 5.26. The van der Waals surface area contributed by atoms with E-state index in [1.807, 2.05) is 24.3 Å². The van der Waals surface area contributed by atoms with Gasteiger partial charge in [-0.2, -0.15) is 0 Å². The van der Waals surface area contributed by atoms with Gasteiger partial charge in [-0.3, -0.25) is 14.6 Å². The highest BCUT2D eigenvalue weighted by Crippen LogP contribution is 2.16. The molecule has 0 aliphatic heterocycles. The number of fused-ring (bicyclic) bond motifs is 1. The second-order valence-corrected chi connectivity index (χ2v) is 6.33. The van der Waals surface area contributed by atoms with Crippen LogP contribution >= 0.6 is 0 Å². The molecule has 3 aromatic rings. The van der Waals surface area contributed by atoms with Gasteiger partial charge in [0, 0.05) is 19.5 Å². The van der Waals surface area contributed by atoms with Gasteiger partial charge in [-0.15, -0.1) is 0 Å². The number of aromatic nitrogens is 2. The zero-order valence-electron chi connectivity index (χ0n) is 16.0. The molecule has 1 heterocycles. The van der Waals surface area contributed by atoms with Crippen LogP contribution in [0.25, 0.3) is 11.0 Å². The molecule has 0 radical (unpaired) electrons. The molecule has 2 aromatic carbocycles. The number of nitrogens with zero attached hydrogens (tertiary/aromatic N) is 2. The SMILES string of the molecule is COC(=O)[C@@H](Cc1cnc2ccccc2n1)NC(=O)c1ccccc1NC(C)=O. The van der Waals surface area contributed by atoms with E-state index < -0.39 is 17.9 Å². The first kappa shape index (κ1) is 19.9. The van der Waals surface area contributed by atoms with Crippen LogP contribution in [0.1, 0.15) is 23.0 Å². The predicted molar refractivity (Wildman–Crippen MR) is 107 cm³/mol. The number of benzene rings is 2. The monoisotopic (exact) mass is 392 g/mol. The van der Waals surface area contributed by atoms with E-state index in [1.165, 1.54) is 14.0 Å². The number of esters is 1. The molecule has 1 atom stereocenters. The quantitative estimate of drug-likeness (QED) is 0.622. The first-order valence-corrected chi connectivity index (χ1v) is 8.94. The summed E-state index contributed by atoms with van der Waals surface area (Å²) in [6.45, 7) is 1.35. The topological polar surface area (TPSA) is 110 Å². The van der Waals surface area contributed by atoms with Gasteiger partial charge in [0.15, 0.2) is 0 Å². The summed E-state index contributed by atoms with van der Waals surface area (Å²) in [5.41, 5.74) is 2.55. The van der Waals surface area contributed by atoms with Gasteiger partial charge in [0.2, 0.25) is 5.91 Å². The van der Waals surface area contributed by atoms with Crippen molar-refractivity contribution in [2.24, 2.45) is 0 Å². The first-order chi connectivity index (χ1) is 14.0. The summed E-state index contributed by atoms with van der Waals surface area (Å²) in [5.74, 6) is -1.43. The Kier molecular flexibility index (Phi) is 6.13. The molecule has 3 rings (SSSR count). The summed E-state index contributed by atoms with van der Waals surface area (Å²) >= 11 is 0. The van der Waals surface area contributed by atoms with E-state index in [4.69, 9.17) is 4.74 Å².